The third kappa shape index (κ3) is 2.88. The van der Waals surface area contributed by atoms with E-state index in [1.54, 1.807) is 19.2 Å². The summed E-state index contributed by atoms with van der Waals surface area (Å²) >= 11 is 0. The molecule has 0 aliphatic rings. The lowest BCUT2D eigenvalue weighted by atomic mass is 9.92. The van der Waals surface area contributed by atoms with E-state index in [1.807, 2.05) is 13.8 Å². The fraction of sp³-hybridized carbons (Fsp3) is 0.538. The number of nitrogens with two attached hydrogens (primary N) is 1. The summed E-state index contributed by atoms with van der Waals surface area (Å²) in [6.07, 6.45) is -1.12. The first-order valence-electron chi connectivity index (χ1n) is 5.50. The molecule has 1 rings (SSSR count). The summed E-state index contributed by atoms with van der Waals surface area (Å²) in [4.78, 5) is 0. The minimum absolute atomic E-state index is 0.470. The second kappa shape index (κ2) is 4.92. The average Bonchev–Trinajstić information content (AvgIpc) is 2.25. The van der Waals surface area contributed by atoms with E-state index in [2.05, 4.69) is 0 Å². The van der Waals surface area contributed by atoms with E-state index in [0.29, 0.717) is 17.1 Å². The van der Waals surface area contributed by atoms with Crippen molar-refractivity contribution in [2.75, 3.05) is 14.2 Å². The van der Waals surface area contributed by atoms with Crippen LogP contribution in [0.5, 0.6) is 11.5 Å². The zero-order valence-electron chi connectivity index (χ0n) is 11.0. The van der Waals surface area contributed by atoms with E-state index >= 15 is 0 Å². The lowest BCUT2D eigenvalue weighted by molar-refractivity contribution is 0.339. The Morgan fingerprint density at radius 1 is 1.18 bits per heavy atom. The summed E-state index contributed by atoms with van der Waals surface area (Å²) in [7, 11) is 3.06. The van der Waals surface area contributed by atoms with Crippen LogP contribution in [0.4, 0.5) is 4.39 Å². The van der Waals surface area contributed by atoms with Crippen LogP contribution in [0, 0.1) is 0 Å². The third-order valence-corrected chi connectivity index (χ3v) is 2.67. The Hall–Kier alpha value is -1.29. The SMILES string of the molecule is COc1cc(C(C)(C)N)c(OC)cc1C(C)F. The van der Waals surface area contributed by atoms with Crippen molar-refractivity contribution in [3.63, 3.8) is 0 Å². The van der Waals surface area contributed by atoms with Gasteiger partial charge in [0.1, 0.15) is 17.7 Å². The van der Waals surface area contributed by atoms with Crippen LogP contribution < -0.4 is 15.2 Å². The summed E-state index contributed by atoms with van der Waals surface area (Å²) in [5.74, 6) is 1.08. The first-order chi connectivity index (χ1) is 7.81. The highest BCUT2D eigenvalue weighted by atomic mass is 19.1. The van der Waals surface area contributed by atoms with E-state index < -0.39 is 11.7 Å². The quantitative estimate of drug-likeness (QED) is 0.881. The number of hydrogen-bond acceptors (Lipinski definition) is 3. The molecule has 0 radical (unpaired) electrons. The molecule has 96 valence electrons. The van der Waals surface area contributed by atoms with Gasteiger partial charge in [-0.2, -0.15) is 0 Å². The van der Waals surface area contributed by atoms with E-state index in [4.69, 9.17) is 15.2 Å². The molecule has 0 saturated carbocycles. The molecule has 0 bridgehead atoms. The van der Waals surface area contributed by atoms with Crippen LogP contribution in [0.15, 0.2) is 12.1 Å². The maximum Gasteiger partial charge on any atom is 0.126 e. The summed E-state index contributed by atoms with van der Waals surface area (Å²) in [5.41, 5.74) is 6.74. The van der Waals surface area contributed by atoms with Crippen LogP contribution in [-0.2, 0) is 5.54 Å². The number of ether oxygens (including phenoxy) is 2. The summed E-state index contributed by atoms with van der Waals surface area (Å²) in [6.45, 7) is 5.19. The molecule has 1 aromatic carbocycles. The Morgan fingerprint density at radius 2 is 1.71 bits per heavy atom. The zero-order chi connectivity index (χ0) is 13.2. The Morgan fingerprint density at radius 3 is 2.06 bits per heavy atom. The lowest BCUT2D eigenvalue weighted by Gasteiger charge is -2.24. The molecule has 1 atom stereocenters. The topological polar surface area (TPSA) is 44.5 Å². The predicted molar refractivity (Wildman–Crippen MR) is 66.3 cm³/mol. The van der Waals surface area contributed by atoms with E-state index in [9.17, 15) is 4.39 Å². The van der Waals surface area contributed by atoms with Crippen LogP contribution in [0.25, 0.3) is 0 Å². The van der Waals surface area contributed by atoms with Gasteiger partial charge in [0.2, 0.25) is 0 Å². The Balaban J connectivity index is 3.44. The normalized spacial score (nSPS) is 13.4. The first kappa shape index (κ1) is 13.8. The molecule has 0 amide bonds. The van der Waals surface area contributed by atoms with Gasteiger partial charge in [-0.15, -0.1) is 0 Å². The van der Waals surface area contributed by atoms with Crippen molar-refractivity contribution in [1.29, 1.82) is 0 Å². The molecule has 17 heavy (non-hydrogen) atoms. The van der Waals surface area contributed by atoms with Gasteiger partial charge in [0.15, 0.2) is 0 Å². The van der Waals surface area contributed by atoms with Crippen LogP contribution in [-0.4, -0.2) is 14.2 Å². The van der Waals surface area contributed by atoms with Gasteiger partial charge in [0, 0.05) is 16.7 Å². The summed E-state index contributed by atoms with van der Waals surface area (Å²) in [6, 6.07) is 3.39. The molecule has 0 aliphatic carbocycles. The molecule has 2 N–H and O–H groups in total. The molecule has 1 unspecified atom stereocenters. The minimum Gasteiger partial charge on any atom is -0.496 e. The van der Waals surface area contributed by atoms with Gasteiger partial charge in [-0.05, 0) is 32.9 Å². The van der Waals surface area contributed by atoms with Gasteiger partial charge in [-0.3, -0.25) is 0 Å². The predicted octanol–water partition coefficient (Wildman–Crippen LogP) is 2.93. The number of alkyl halides is 1. The fourth-order valence-electron chi connectivity index (χ4n) is 1.74. The van der Waals surface area contributed by atoms with Gasteiger partial charge in [-0.25, -0.2) is 4.39 Å². The number of hydrogen-bond donors (Lipinski definition) is 1. The second-order valence-corrected chi connectivity index (χ2v) is 4.63. The molecule has 0 spiro atoms. The molecule has 3 nitrogen and oxygen atoms in total. The molecule has 0 aromatic heterocycles. The van der Waals surface area contributed by atoms with Crippen molar-refractivity contribution in [2.24, 2.45) is 5.73 Å². The van der Waals surface area contributed by atoms with Gasteiger partial charge < -0.3 is 15.2 Å². The van der Waals surface area contributed by atoms with Crippen LogP contribution in [0.2, 0.25) is 0 Å². The first-order valence-corrected chi connectivity index (χ1v) is 5.50. The van der Waals surface area contributed by atoms with Crippen molar-refractivity contribution in [3.05, 3.63) is 23.3 Å². The van der Waals surface area contributed by atoms with Crippen molar-refractivity contribution in [1.82, 2.24) is 0 Å². The highest BCUT2D eigenvalue weighted by Gasteiger charge is 2.23. The largest absolute Gasteiger partial charge is 0.496 e. The summed E-state index contributed by atoms with van der Waals surface area (Å²) in [5, 5.41) is 0. The maximum absolute atomic E-state index is 13.5. The standard InChI is InChI=1S/C13H20FNO2/c1-8(14)9-6-12(17-5)10(13(2,3)15)7-11(9)16-4/h6-8H,15H2,1-5H3. The highest BCUT2D eigenvalue weighted by molar-refractivity contribution is 5.49. The molecule has 0 fully saturated rings. The molecule has 0 heterocycles. The van der Waals surface area contributed by atoms with E-state index in [-0.39, 0.29) is 0 Å². The van der Waals surface area contributed by atoms with E-state index in [0.717, 1.165) is 5.56 Å². The Kier molecular flexibility index (Phi) is 3.98. The second-order valence-electron chi connectivity index (χ2n) is 4.63. The number of methoxy groups -OCH3 is 2. The van der Waals surface area contributed by atoms with Crippen LogP contribution in [0.1, 0.15) is 38.1 Å². The maximum atomic E-state index is 13.5. The molecule has 1 aromatic rings. The minimum atomic E-state index is -1.12. The Labute approximate surface area is 102 Å². The highest BCUT2D eigenvalue weighted by Crippen LogP contribution is 2.37. The molecule has 0 aliphatic heterocycles. The molecular weight excluding hydrogens is 221 g/mol. The number of benzene rings is 1. The lowest BCUT2D eigenvalue weighted by Crippen LogP contribution is -2.29. The van der Waals surface area contributed by atoms with Crippen molar-refractivity contribution >= 4 is 0 Å². The summed E-state index contributed by atoms with van der Waals surface area (Å²) < 4.78 is 23.9. The fourth-order valence-corrected chi connectivity index (χ4v) is 1.74. The smallest absolute Gasteiger partial charge is 0.126 e. The van der Waals surface area contributed by atoms with Gasteiger partial charge in [0.25, 0.3) is 0 Å². The van der Waals surface area contributed by atoms with Crippen molar-refractivity contribution < 1.29 is 13.9 Å². The number of halogens is 1. The molecule has 0 saturated heterocycles. The van der Waals surface area contributed by atoms with Crippen molar-refractivity contribution in [3.8, 4) is 11.5 Å². The van der Waals surface area contributed by atoms with Gasteiger partial charge in [-0.1, -0.05) is 0 Å². The zero-order valence-corrected chi connectivity index (χ0v) is 11.0. The monoisotopic (exact) mass is 241 g/mol. The van der Waals surface area contributed by atoms with Crippen LogP contribution >= 0.6 is 0 Å². The Bertz CT molecular complexity index is 397. The number of rotatable bonds is 4. The van der Waals surface area contributed by atoms with Gasteiger partial charge >= 0.3 is 0 Å². The molecule has 4 heteroatoms. The van der Waals surface area contributed by atoms with Crippen molar-refractivity contribution in [2.45, 2.75) is 32.5 Å². The van der Waals surface area contributed by atoms with E-state index in [1.165, 1.54) is 14.0 Å². The van der Waals surface area contributed by atoms with Crippen LogP contribution in [0.3, 0.4) is 0 Å². The molecular formula is C13H20FNO2. The van der Waals surface area contributed by atoms with Gasteiger partial charge in [0.05, 0.1) is 14.2 Å². The average molecular weight is 241 g/mol. The third-order valence-electron chi connectivity index (χ3n) is 2.67.